The van der Waals surface area contributed by atoms with Gasteiger partial charge in [-0.05, 0) is 50.9 Å². The predicted molar refractivity (Wildman–Crippen MR) is 82.6 cm³/mol. The third kappa shape index (κ3) is 3.11. The first-order valence-electron chi connectivity index (χ1n) is 8.36. The summed E-state index contributed by atoms with van der Waals surface area (Å²) >= 11 is 0. The van der Waals surface area contributed by atoms with Gasteiger partial charge in [0.25, 0.3) is 0 Å². The van der Waals surface area contributed by atoms with Gasteiger partial charge in [-0.3, -0.25) is 0 Å². The standard InChI is InChI=1S/C16H31N3O/c1-3-14-7-9-16(13-17,10-8-14)18(2)15(20)19-11-5-4-6-12-19/h14H,3-13,17H2,1-2H3. The Kier molecular flexibility index (Phi) is 5.30. The van der Waals surface area contributed by atoms with Crippen LogP contribution in [-0.2, 0) is 0 Å². The van der Waals surface area contributed by atoms with E-state index in [1.54, 1.807) is 0 Å². The van der Waals surface area contributed by atoms with Crippen LogP contribution in [0, 0.1) is 5.92 Å². The zero-order valence-electron chi connectivity index (χ0n) is 13.2. The van der Waals surface area contributed by atoms with Crippen LogP contribution in [0.15, 0.2) is 0 Å². The van der Waals surface area contributed by atoms with Crippen molar-refractivity contribution >= 4 is 6.03 Å². The maximum atomic E-state index is 12.7. The van der Waals surface area contributed by atoms with E-state index in [0.717, 1.165) is 44.7 Å². The summed E-state index contributed by atoms with van der Waals surface area (Å²) in [6.07, 6.45) is 9.37. The van der Waals surface area contributed by atoms with E-state index in [1.165, 1.54) is 25.7 Å². The Morgan fingerprint density at radius 3 is 2.35 bits per heavy atom. The predicted octanol–water partition coefficient (Wildman–Crippen LogP) is 2.82. The van der Waals surface area contributed by atoms with E-state index in [1.807, 2.05) is 16.8 Å². The molecule has 1 heterocycles. The first-order chi connectivity index (χ1) is 9.63. The molecule has 0 aromatic carbocycles. The Balaban J connectivity index is 2.00. The lowest BCUT2D eigenvalue weighted by molar-refractivity contribution is 0.0634. The van der Waals surface area contributed by atoms with Crippen molar-refractivity contribution in [3.05, 3.63) is 0 Å². The van der Waals surface area contributed by atoms with Crippen molar-refractivity contribution in [3.63, 3.8) is 0 Å². The number of hydrogen-bond acceptors (Lipinski definition) is 2. The second-order valence-electron chi connectivity index (χ2n) is 6.67. The molecule has 116 valence electrons. The molecule has 20 heavy (non-hydrogen) atoms. The van der Waals surface area contributed by atoms with Gasteiger partial charge in [0.05, 0.1) is 5.54 Å². The van der Waals surface area contributed by atoms with Crippen LogP contribution in [0.1, 0.15) is 58.3 Å². The Hall–Kier alpha value is -0.770. The van der Waals surface area contributed by atoms with E-state index in [2.05, 4.69) is 6.92 Å². The van der Waals surface area contributed by atoms with Crippen LogP contribution in [0.4, 0.5) is 4.79 Å². The molecule has 4 heteroatoms. The van der Waals surface area contributed by atoms with Crippen LogP contribution in [-0.4, -0.2) is 48.1 Å². The van der Waals surface area contributed by atoms with E-state index in [-0.39, 0.29) is 11.6 Å². The molecule has 0 aromatic rings. The van der Waals surface area contributed by atoms with Crippen molar-refractivity contribution in [2.24, 2.45) is 11.7 Å². The summed E-state index contributed by atoms with van der Waals surface area (Å²) in [6, 6.07) is 0.199. The van der Waals surface area contributed by atoms with E-state index in [0.29, 0.717) is 6.54 Å². The summed E-state index contributed by atoms with van der Waals surface area (Å²) < 4.78 is 0. The highest BCUT2D eigenvalue weighted by atomic mass is 16.2. The fourth-order valence-electron chi connectivity index (χ4n) is 3.80. The summed E-state index contributed by atoms with van der Waals surface area (Å²) in [5.74, 6) is 0.827. The van der Waals surface area contributed by atoms with Gasteiger partial charge in [0.15, 0.2) is 0 Å². The van der Waals surface area contributed by atoms with Crippen molar-refractivity contribution in [3.8, 4) is 0 Å². The average Bonchev–Trinajstić information content (AvgIpc) is 2.54. The van der Waals surface area contributed by atoms with Crippen LogP contribution >= 0.6 is 0 Å². The minimum Gasteiger partial charge on any atom is -0.328 e. The first kappa shape index (κ1) is 15.6. The molecule has 1 aliphatic heterocycles. The molecule has 2 fully saturated rings. The molecular formula is C16H31N3O. The molecule has 1 saturated heterocycles. The number of amides is 2. The summed E-state index contributed by atoms with van der Waals surface area (Å²) in [7, 11) is 1.97. The quantitative estimate of drug-likeness (QED) is 0.865. The number of urea groups is 1. The van der Waals surface area contributed by atoms with Gasteiger partial charge >= 0.3 is 6.03 Å². The van der Waals surface area contributed by atoms with Gasteiger partial charge in [0.2, 0.25) is 0 Å². The topological polar surface area (TPSA) is 49.6 Å². The van der Waals surface area contributed by atoms with E-state index in [4.69, 9.17) is 5.73 Å². The number of likely N-dealkylation sites (N-methyl/N-ethyl adjacent to an activating group) is 1. The number of nitrogens with two attached hydrogens (primary N) is 1. The van der Waals surface area contributed by atoms with Crippen LogP contribution < -0.4 is 5.73 Å². The Morgan fingerprint density at radius 1 is 1.25 bits per heavy atom. The van der Waals surface area contributed by atoms with Crippen molar-refractivity contribution < 1.29 is 4.79 Å². The normalized spacial score (nSPS) is 31.1. The molecule has 1 saturated carbocycles. The number of carbonyl (C=O) groups is 1. The van der Waals surface area contributed by atoms with Gasteiger partial charge < -0.3 is 15.5 Å². The zero-order chi connectivity index (χ0) is 14.6. The SMILES string of the molecule is CCC1CCC(CN)(N(C)C(=O)N2CCCCC2)CC1. The lowest BCUT2D eigenvalue weighted by atomic mass is 9.75. The number of hydrogen-bond donors (Lipinski definition) is 1. The third-order valence-electron chi connectivity index (χ3n) is 5.62. The molecule has 0 unspecified atom stereocenters. The second-order valence-corrected chi connectivity index (χ2v) is 6.67. The van der Waals surface area contributed by atoms with Gasteiger partial charge in [0.1, 0.15) is 0 Å². The molecule has 0 spiro atoms. The lowest BCUT2D eigenvalue weighted by Gasteiger charge is -2.47. The molecule has 1 aliphatic carbocycles. The number of likely N-dealkylation sites (tertiary alicyclic amines) is 1. The number of carbonyl (C=O) groups excluding carboxylic acids is 1. The Morgan fingerprint density at radius 2 is 1.85 bits per heavy atom. The van der Waals surface area contributed by atoms with E-state index >= 15 is 0 Å². The lowest BCUT2D eigenvalue weighted by Crippen LogP contribution is -2.59. The minimum atomic E-state index is -0.0970. The molecule has 2 rings (SSSR count). The number of piperidine rings is 1. The van der Waals surface area contributed by atoms with Crippen LogP contribution in [0.2, 0.25) is 0 Å². The molecule has 0 aromatic heterocycles. The Bertz CT molecular complexity index is 318. The average molecular weight is 281 g/mol. The van der Waals surface area contributed by atoms with Gasteiger partial charge in [-0.1, -0.05) is 13.3 Å². The summed E-state index contributed by atoms with van der Waals surface area (Å²) in [6.45, 7) is 4.70. The summed E-state index contributed by atoms with van der Waals surface area (Å²) in [5.41, 5.74) is 5.98. The fourth-order valence-corrected chi connectivity index (χ4v) is 3.80. The van der Waals surface area contributed by atoms with Gasteiger partial charge in [0, 0.05) is 26.7 Å². The summed E-state index contributed by atoms with van der Waals surface area (Å²) in [5, 5.41) is 0. The van der Waals surface area contributed by atoms with Gasteiger partial charge in [-0.2, -0.15) is 0 Å². The molecule has 2 aliphatic rings. The highest BCUT2D eigenvalue weighted by Gasteiger charge is 2.40. The highest BCUT2D eigenvalue weighted by molar-refractivity contribution is 5.75. The smallest absolute Gasteiger partial charge is 0.320 e. The summed E-state index contributed by atoms with van der Waals surface area (Å²) in [4.78, 5) is 16.7. The maximum absolute atomic E-state index is 12.7. The molecule has 2 N–H and O–H groups in total. The molecule has 2 amide bonds. The second kappa shape index (κ2) is 6.79. The molecule has 4 nitrogen and oxygen atoms in total. The zero-order valence-corrected chi connectivity index (χ0v) is 13.2. The van der Waals surface area contributed by atoms with Crippen molar-refractivity contribution in [1.82, 2.24) is 9.80 Å². The first-order valence-corrected chi connectivity index (χ1v) is 8.36. The Labute approximate surface area is 123 Å². The van der Waals surface area contributed by atoms with Crippen LogP contribution in [0.25, 0.3) is 0 Å². The number of nitrogens with zero attached hydrogens (tertiary/aromatic N) is 2. The van der Waals surface area contributed by atoms with Crippen molar-refractivity contribution in [2.75, 3.05) is 26.7 Å². The third-order valence-corrected chi connectivity index (χ3v) is 5.62. The largest absolute Gasteiger partial charge is 0.328 e. The molecule has 0 atom stereocenters. The van der Waals surface area contributed by atoms with Gasteiger partial charge in [-0.25, -0.2) is 4.79 Å². The fraction of sp³-hybridized carbons (Fsp3) is 0.938. The molecule has 0 radical (unpaired) electrons. The van der Waals surface area contributed by atoms with Crippen molar-refractivity contribution in [1.29, 1.82) is 0 Å². The number of rotatable bonds is 3. The molecule has 0 bridgehead atoms. The van der Waals surface area contributed by atoms with E-state index < -0.39 is 0 Å². The highest BCUT2D eigenvalue weighted by Crippen LogP contribution is 2.37. The minimum absolute atomic E-state index is 0.0970. The van der Waals surface area contributed by atoms with Gasteiger partial charge in [-0.15, -0.1) is 0 Å². The van der Waals surface area contributed by atoms with Crippen LogP contribution in [0.3, 0.4) is 0 Å². The maximum Gasteiger partial charge on any atom is 0.320 e. The monoisotopic (exact) mass is 281 g/mol. The van der Waals surface area contributed by atoms with Crippen LogP contribution in [0.5, 0.6) is 0 Å². The van der Waals surface area contributed by atoms with Crippen molar-refractivity contribution in [2.45, 2.75) is 63.8 Å². The van der Waals surface area contributed by atoms with E-state index in [9.17, 15) is 4.79 Å². The molecular weight excluding hydrogens is 250 g/mol.